The maximum absolute atomic E-state index is 13.4. The highest BCUT2D eigenvalue weighted by atomic mass is 79.9. The zero-order valence-corrected chi connectivity index (χ0v) is 21.2. The molecule has 1 aromatic carbocycles. The molecular weight excluding hydrogens is 481 g/mol. The number of nitrogens with one attached hydrogen (secondary N) is 1. The van der Waals surface area contributed by atoms with E-state index in [1.807, 2.05) is 18.4 Å². The highest BCUT2D eigenvalue weighted by molar-refractivity contribution is 7.76. The molecule has 7 heteroatoms. The van der Waals surface area contributed by atoms with E-state index in [2.05, 4.69) is 36.5 Å². The third-order valence-corrected chi connectivity index (χ3v) is 12.5. The summed E-state index contributed by atoms with van der Waals surface area (Å²) in [7, 11) is -0.134. The Kier molecular flexibility index (Phi) is 9.52. The van der Waals surface area contributed by atoms with E-state index < -0.39 is 13.2 Å². The van der Waals surface area contributed by atoms with Gasteiger partial charge in [0.1, 0.15) is 10.5 Å². The zero-order chi connectivity index (χ0) is 20.9. The number of amides is 1. The van der Waals surface area contributed by atoms with Gasteiger partial charge in [0.2, 0.25) is 0 Å². The predicted octanol–water partition coefficient (Wildman–Crippen LogP) is 2.97. The largest absolute Gasteiger partial charge is 1.00 e. The lowest BCUT2D eigenvalue weighted by Crippen LogP contribution is -3.00. The van der Waals surface area contributed by atoms with Crippen molar-refractivity contribution in [3.63, 3.8) is 0 Å². The molecule has 1 unspecified atom stereocenters. The van der Waals surface area contributed by atoms with Crippen molar-refractivity contribution in [3.05, 3.63) is 51.7 Å². The van der Waals surface area contributed by atoms with Crippen LogP contribution in [0.3, 0.4) is 0 Å². The van der Waals surface area contributed by atoms with Crippen LogP contribution in [-0.2, 0) is 15.7 Å². The number of rotatable bonds is 6. The summed E-state index contributed by atoms with van der Waals surface area (Å²) in [5, 5.41) is 5.00. The maximum atomic E-state index is 13.4. The lowest BCUT2D eigenvalue weighted by Gasteiger charge is -2.31. The van der Waals surface area contributed by atoms with E-state index in [1.54, 1.807) is 0 Å². The minimum atomic E-state index is -1.51. The number of hydrogen-bond donors (Lipinski definition) is 1. The Morgan fingerprint density at radius 1 is 1.13 bits per heavy atom. The number of methoxy groups -OCH3 is 1. The molecule has 0 aliphatic carbocycles. The van der Waals surface area contributed by atoms with E-state index in [0.29, 0.717) is 10.6 Å². The van der Waals surface area contributed by atoms with E-state index in [9.17, 15) is 9.59 Å². The van der Waals surface area contributed by atoms with Crippen LogP contribution in [0.2, 0.25) is 0 Å². The van der Waals surface area contributed by atoms with Crippen molar-refractivity contribution in [2.75, 3.05) is 24.8 Å². The standard InChI is InChI=1S/C23H30NO3PS.BrH/c1-17-16-29-21(23(26)27-3)20(17)24-22(25)18(2)28(13-9-4-5-10-14-28)15-19-11-7-6-8-12-19;/h6-8,11-12,16,18H,4-5,9-10,13-15H2,1-3H3;1H. The quantitative estimate of drug-likeness (QED) is 0.479. The topological polar surface area (TPSA) is 55.4 Å². The molecule has 1 saturated heterocycles. The van der Waals surface area contributed by atoms with Gasteiger partial charge in [0.15, 0.2) is 0 Å². The Morgan fingerprint density at radius 3 is 2.37 bits per heavy atom. The van der Waals surface area contributed by atoms with Gasteiger partial charge in [0, 0.05) is 7.26 Å². The maximum Gasteiger partial charge on any atom is 0.350 e. The second-order valence-electron chi connectivity index (χ2n) is 8.00. The molecule has 30 heavy (non-hydrogen) atoms. The summed E-state index contributed by atoms with van der Waals surface area (Å²) in [6.45, 7) is 4.03. The SMILES string of the molecule is COC(=O)c1scc(C)c1NC(=O)C(C)[P+]1(Cc2ccccc2)CCCCCC1.[Br-]. The van der Waals surface area contributed by atoms with Gasteiger partial charge in [-0.3, -0.25) is 4.79 Å². The fraction of sp³-hybridized carbons (Fsp3) is 0.478. The van der Waals surface area contributed by atoms with Crippen LogP contribution < -0.4 is 22.3 Å². The molecule has 0 radical (unpaired) electrons. The number of hydrogen-bond acceptors (Lipinski definition) is 4. The van der Waals surface area contributed by atoms with Crippen LogP contribution in [0.4, 0.5) is 5.69 Å². The second-order valence-corrected chi connectivity index (χ2v) is 13.3. The first-order valence-electron chi connectivity index (χ1n) is 10.3. The Balaban J connectivity index is 0.00000320. The number of ether oxygens (including phenoxy) is 1. The number of benzene rings is 1. The number of carbonyl (C=O) groups is 2. The molecule has 1 aliphatic heterocycles. The average molecular weight is 512 g/mol. The summed E-state index contributed by atoms with van der Waals surface area (Å²) in [5.74, 6) is -0.350. The Bertz CT molecular complexity index is 847. The van der Waals surface area contributed by atoms with Crippen LogP contribution in [0.15, 0.2) is 35.7 Å². The summed E-state index contributed by atoms with van der Waals surface area (Å²) in [6.07, 6.45) is 8.31. The van der Waals surface area contributed by atoms with Crippen molar-refractivity contribution in [1.29, 1.82) is 0 Å². The summed E-state index contributed by atoms with van der Waals surface area (Å²) >= 11 is 1.32. The first kappa shape index (κ1) is 25.0. The van der Waals surface area contributed by atoms with Gasteiger partial charge in [0.05, 0.1) is 31.3 Å². The van der Waals surface area contributed by atoms with Crippen LogP contribution in [0.1, 0.15) is 53.4 Å². The Labute approximate surface area is 194 Å². The van der Waals surface area contributed by atoms with Crippen LogP contribution >= 0.6 is 18.6 Å². The van der Waals surface area contributed by atoms with Crippen LogP contribution in [0.25, 0.3) is 0 Å². The predicted molar refractivity (Wildman–Crippen MR) is 124 cm³/mol. The number of thiophene rings is 1. The molecule has 4 nitrogen and oxygen atoms in total. The van der Waals surface area contributed by atoms with Crippen molar-refractivity contribution < 1.29 is 31.3 Å². The first-order valence-corrected chi connectivity index (χ1v) is 13.6. The molecule has 1 fully saturated rings. The van der Waals surface area contributed by atoms with E-state index >= 15 is 0 Å². The highest BCUT2D eigenvalue weighted by Gasteiger charge is 2.47. The molecule has 1 atom stereocenters. The zero-order valence-electron chi connectivity index (χ0n) is 17.9. The molecule has 3 rings (SSSR count). The van der Waals surface area contributed by atoms with Gasteiger partial charge >= 0.3 is 5.97 Å². The third-order valence-electron chi connectivity index (χ3n) is 6.09. The fourth-order valence-electron chi connectivity index (χ4n) is 4.27. The second kappa shape index (κ2) is 11.4. The van der Waals surface area contributed by atoms with Gasteiger partial charge in [-0.1, -0.05) is 30.3 Å². The van der Waals surface area contributed by atoms with Crippen molar-refractivity contribution in [1.82, 2.24) is 0 Å². The fourth-order valence-corrected chi connectivity index (χ4v) is 9.98. The smallest absolute Gasteiger partial charge is 0.350 e. The lowest BCUT2D eigenvalue weighted by atomic mass is 10.2. The summed E-state index contributed by atoms with van der Waals surface area (Å²) < 4.78 is 4.89. The van der Waals surface area contributed by atoms with E-state index in [4.69, 9.17) is 4.74 Å². The van der Waals surface area contributed by atoms with Crippen molar-refractivity contribution in [3.8, 4) is 0 Å². The highest BCUT2D eigenvalue weighted by Crippen LogP contribution is 2.67. The molecular formula is C23H31BrNO3PS. The van der Waals surface area contributed by atoms with Crippen molar-refractivity contribution in [2.24, 2.45) is 0 Å². The van der Waals surface area contributed by atoms with Gasteiger partial charge in [-0.25, -0.2) is 4.79 Å². The summed E-state index contributed by atoms with van der Waals surface area (Å²) in [6, 6.07) is 10.6. The summed E-state index contributed by atoms with van der Waals surface area (Å²) in [5.41, 5.74) is 2.83. The van der Waals surface area contributed by atoms with Crippen molar-refractivity contribution in [2.45, 2.75) is 51.4 Å². The van der Waals surface area contributed by atoms with Gasteiger partial charge in [-0.15, -0.1) is 11.3 Å². The molecule has 164 valence electrons. The number of carbonyl (C=O) groups excluding carboxylic acids is 2. The van der Waals surface area contributed by atoms with Crippen LogP contribution in [-0.4, -0.2) is 37.0 Å². The molecule has 2 aromatic rings. The van der Waals surface area contributed by atoms with Gasteiger partial charge in [0.25, 0.3) is 5.91 Å². The van der Waals surface area contributed by atoms with E-state index in [-0.39, 0.29) is 28.5 Å². The molecule has 0 spiro atoms. The average Bonchev–Trinajstić information content (AvgIpc) is 2.94. The summed E-state index contributed by atoms with van der Waals surface area (Å²) in [4.78, 5) is 26.0. The first-order chi connectivity index (χ1) is 14.0. The van der Waals surface area contributed by atoms with Gasteiger partial charge in [-0.05, 0) is 56.0 Å². The van der Waals surface area contributed by atoms with E-state index in [0.717, 1.165) is 11.7 Å². The minimum absolute atomic E-state index is 0. The number of esters is 1. The Hall–Kier alpha value is -1.23. The molecule has 1 aliphatic rings. The van der Waals surface area contributed by atoms with Gasteiger partial charge < -0.3 is 27.0 Å². The monoisotopic (exact) mass is 511 g/mol. The molecule has 0 saturated carbocycles. The molecule has 0 bridgehead atoms. The molecule has 1 N–H and O–H groups in total. The van der Waals surface area contributed by atoms with Crippen LogP contribution in [0.5, 0.6) is 0 Å². The lowest BCUT2D eigenvalue weighted by molar-refractivity contribution is -0.115. The number of aryl methyl sites for hydroxylation is 1. The molecule has 1 amide bonds. The van der Waals surface area contributed by atoms with Gasteiger partial charge in [-0.2, -0.15) is 0 Å². The van der Waals surface area contributed by atoms with Crippen LogP contribution in [0, 0.1) is 6.92 Å². The number of anilines is 1. The third kappa shape index (κ3) is 5.72. The number of halogens is 1. The molecule has 2 heterocycles. The minimum Gasteiger partial charge on any atom is -1.00 e. The molecule has 1 aromatic heterocycles. The Morgan fingerprint density at radius 2 is 1.77 bits per heavy atom. The van der Waals surface area contributed by atoms with E-state index in [1.165, 1.54) is 62.0 Å². The van der Waals surface area contributed by atoms with Crippen molar-refractivity contribution >= 4 is 36.2 Å². The normalized spacial score (nSPS) is 16.6.